The third kappa shape index (κ3) is 2.44. The fourth-order valence-electron chi connectivity index (χ4n) is 1.87. The number of rotatable bonds is 0. The molecule has 0 fully saturated rings. The number of phenolic OH excluding ortho intramolecular Hbond substituents is 1. The third-order valence-corrected chi connectivity index (χ3v) is 4.65. The van der Waals surface area contributed by atoms with Crippen LogP contribution in [-0.2, 0) is 10.1 Å². The van der Waals surface area contributed by atoms with Crippen LogP contribution in [0, 0.1) is 3.57 Å². The summed E-state index contributed by atoms with van der Waals surface area (Å²) in [6, 6.07) is 8.29. The zero-order chi connectivity index (χ0) is 15.2. The molecule has 0 amide bonds. The van der Waals surface area contributed by atoms with E-state index in [4.69, 9.17) is 8.92 Å². The van der Waals surface area contributed by atoms with Crippen molar-refractivity contribution in [3.05, 3.63) is 45.5 Å². The molecule has 0 saturated heterocycles. The molecule has 0 bridgehead atoms. The largest absolute Gasteiger partial charge is 0.504 e. The minimum absolute atomic E-state index is 0.119. The van der Waals surface area contributed by atoms with Crippen LogP contribution in [0.5, 0.6) is 17.2 Å². The summed E-state index contributed by atoms with van der Waals surface area (Å²) in [6.07, 6.45) is 0. The van der Waals surface area contributed by atoms with Crippen molar-refractivity contribution in [3.63, 3.8) is 0 Å². The number of benzene rings is 2. The molecule has 3 rings (SSSR count). The summed E-state index contributed by atoms with van der Waals surface area (Å²) >= 11 is 1.88. The Kier molecular flexibility index (Phi) is 3.29. The molecule has 0 aromatic heterocycles. The number of para-hydroxylation sites is 1. The van der Waals surface area contributed by atoms with Gasteiger partial charge in [0.1, 0.15) is 10.5 Å². The van der Waals surface area contributed by atoms with Gasteiger partial charge in [0, 0.05) is 3.57 Å². The number of fused-ring (bicyclic) bond motifs is 2. The summed E-state index contributed by atoms with van der Waals surface area (Å²) < 4.78 is 35.0. The van der Waals surface area contributed by atoms with Gasteiger partial charge in [0.25, 0.3) is 0 Å². The number of halogens is 1. The minimum atomic E-state index is -4.21. The molecular formula is C13H7IO6S. The van der Waals surface area contributed by atoms with Crippen molar-refractivity contribution < 1.29 is 27.2 Å². The van der Waals surface area contributed by atoms with Gasteiger partial charge in [0.05, 0.1) is 0 Å². The van der Waals surface area contributed by atoms with Gasteiger partial charge in [0.2, 0.25) is 0 Å². The van der Waals surface area contributed by atoms with Crippen molar-refractivity contribution in [2.75, 3.05) is 0 Å². The second-order valence-corrected chi connectivity index (χ2v) is 6.94. The lowest BCUT2D eigenvalue weighted by Crippen LogP contribution is -2.20. The second-order valence-electron chi connectivity index (χ2n) is 4.18. The van der Waals surface area contributed by atoms with Crippen LogP contribution in [0.15, 0.2) is 41.3 Å². The van der Waals surface area contributed by atoms with Crippen molar-refractivity contribution in [1.82, 2.24) is 0 Å². The van der Waals surface area contributed by atoms with Gasteiger partial charge < -0.3 is 14.0 Å². The van der Waals surface area contributed by atoms with E-state index >= 15 is 0 Å². The highest BCUT2D eigenvalue weighted by Gasteiger charge is 2.31. The van der Waals surface area contributed by atoms with E-state index in [1.165, 1.54) is 36.4 Å². The lowest BCUT2D eigenvalue weighted by Gasteiger charge is -2.18. The number of carbonyl (C=O) groups excluding carboxylic acids is 1. The zero-order valence-corrected chi connectivity index (χ0v) is 13.2. The molecule has 1 heterocycles. The SMILES string of the molecule is O=C1Oc2ccccc2S(=O)(=O)Oc2c(O)cc(I)cc21. The topological polar surface area (TPSA) is 89.9 Å². The van der Waals surface area contributed by atoms with Crippen LogP contribution in [-0.4, -0.2) is 19.5 Å². The predicted molar refractivity (Wildman–Crippen MR) is 80.0 cm³/mol. The maximum Gasteiger partial charge on any atom is 0.347 e. The standard InChI is InChI=1S/C13H7IO6S/c14-7-5-8-12(9(15)6-7)20-21(17,18)11-4-2-1-3-10(11)19-13(8)16/h1-6,15H. The molecule has 0 atom stereocenters. The van der Waals surface area contributed by atoms with Crippen molar-refractivity contribution >= 4 is 38.7 Å². The van der Waals surface area contributed by atoms with Gasteiger partial charge in [-0.05, 0) is 46.9 Å². The first-order chi connectivity index (χ1) is 9.88. The molecule has 8 heteroatoms. The van der Waals surface area contributed by atoms with E-state index in [0.29, 0.717) is 3.57 Å². The van der Waals surface area contributed by atoms with E-state index in [2.05, 4.69) is 0 Å². The third-order valence-electron chi connectivity index (χ3n) is 2.77. The van der Waals surface area contributed by atoms with Crippen molar-refractivity contribution in [3.8, 4) is 17.2 Å². The molecule has 108 valence electrons. The molecule has 0 unspecified atom stereocenters. The van der Waals surface area contributed by atoms with Crippen LogP contribution < -0.4 is 8.92 Å². The summed E-state index contributed by atoms with van der Waals surface area (Å²) in [4.78, 5) is 11.8. The van der Waals surface area contributed by atoms with Crippen LogP contribution in [0.2, 0.25) is 0 Å². The molecule has 21 heavy (non-hydrogen) atoms. The monoisotopic (exact) mass is 418 g/mol. The van der Waals surface area contributed by atoms with Crippen LogP contribution in [0.25, 0.3) is 0 Å². The minimum Gasteiger partial charge on any atom is -0.504 e. The Morgan fingerprint density at radius 3 is 2.62 bits per heavy atom. The molecule has 0 radical (unpaired) electrons. The summed E-state index contributed by atoms with van der Waals surface area (Å²) in [6.45, 7) is 0. The average molecular weight is 418 g/mol. The average Bonchev–Trinajstić information content (AvgIpc) is 2.41. The van der Waals surface area contributed by atoms with Gasteiger partial charge >= 0.3 is 16.1 Å². The van der Waals surface area contributed by atoms with Crippen molar-refractivity contribution in [2.45, 2.75) is 4.90 Å². The zero-order valence-electron chi connectivity index (χ0n) is 10.2. The number of phenols is 1. The van der Waals surface area contributed by atoms with Gasteiger partial charge in [0.15, 0.2) is 17.2 Å². The summed E-state index contributed by atoms with van der Waals surface area (Å²) in [5.41, 5.74) is -0.155. The Hall–Kier alpha value is -1.81. The quantitative estimate of drug-likeness (QED) is 0.306. The van der Waals surface area contributed by atoms with Gasteiger partial charge in [-0.25, -0.2) is 4.79 Å². The Morgan fingerprint density at radius 1 is 1.14 bits per heavy atom. The Bertz CT molecular complexity index is 859. The highest BCUT2D eigenvalue weighted by atomic mass is 127. The van der Waals surface area contributed by atoms with E-state index < -0.39 is 27.6 Å². The van der Waals surface area contributed by atoms with Gasteiger partial charge in [-0.1, -0.05) is 12.1 Å². The van der Waals surface area contributed by atoms with Crippen molar-refractivity contribution in [2.24, 2.45) is 0 Å². The number of hydrogen-bond acceptors (Lipinski definition) is 6. The van der Waals surface area contributed by atoms with Crippen LogP contribution in [0.4, 0.5) is 0 Å². The lowest BCUT2D eigenvalue weighted by molar-refractivity contribution is 0.0725. The van der Waals surface area contributed by atoms with Gasteiger partial charge in [-0.3, -0.25) is 0 Å². The fraction of sp³-hybridized carbons (Fsp3) is 0. The highest BCUT2D eigenvalue weighted by Crippen LogP contribution is 2.38. The normalized spacial score (nSPS) is 15.8. The number of ether oxygens (including phenoxy) is 1. The Morgan fingerprint density at radius 2 is 1.86 bits per heavy atom. The fourth-order valence-corrected chi connectivity index (χ4v) is 3.56. The van der Waals surface area contributed by atoms with E-state index in [1.807, 2.05) is 22.6 Å². The number of esters is 1. The first-order valence-corrected chi connectivity index (χ1v) is 8.15. The summed E-state index contributed by atoms with van der Waals surface area (Å²) in [7, 11) is -4.21. The molecule has 0 saturated carbocycles. The molecule has 6 nitrogen and oxygen atoms in total. The lowest BCUT2D eigenvalue weighted by atomic mass is 10.2. The predicted octanol–water partition coefficient (Wildman–Crippen LogP) is 2.30. The second kappa shape index (κ2) is 4.88. The molecule has 1 N–H and O–H groups in total. The first kappa shape index (κ1) is 14.1. The molecular weight excluding hydrogens is 411 g/mol. The molecule has 2 aromatic rings. The Labute approximate surface area is 133 Å². The number of aromatic hydroxyl groups is 1. The molecule has 0 spiro atoms. The molecule has 0 aliphatic carbocycles. The summed E-state index contributed by atoms with van der Waals surface area (Å²) in [5, 5.41) is 9.85. The van der Waals surface area contributed by atoms with Crippen LogP contribution in [0.3, 0.4) is 0 Å². The number of carbonyl (C=O) groups is 1. The van der Waals surface area contributed by atoms with Crippen LogP contribution in [0.1, 0.15) is 10.4 Å². The van der Waals surface area contributed by atoms with Crippen LogP contribution >= 0.6 is 22.6 Å². The van der Waals surface area contributed by atoms with Gasteiger partial charge in [-0.2, -0.15) is 8.42 Å². The summed E-state index contributed by atoms with van der Waals surface area (Å²) in [5.74, 6) is -1.81. The maximum atomic E-state index is 12.2. The highest BCUT2D eigenvalue weighted by molar-refractivity contribution is 14.1. The van der Waals surface area contributed by atoms with Gasteiger partial charge in [-0.15, -0.1) is 0 Å². The van der Waals surface area contributed by atoms with Crippen molar-refractivity contribution in [1.29, 1.82) is 0 Å². The molecule has 1 aliphatic rings. The van der Waals surface area contributed by atoms with E-state index in [-0.39, 0.29) is 16.2 Å². The first-order valence-electron chi connectivity index (χ1n) is 5.67. The Balaban J connectivity index is 2.29. The smallest absolute Gasteiger partial charge is 0.347 e. The molecule has 1 aliphatic heterocycles. The van der Waals surface area contributed by atoms with E-state index in [1.54, 1.807) is 0 Å². The number of hydrogen-bond donors (Lipinski definition) is 1. The van der Waals surface area contributed by atoms with E-state index in [9.17, 15) is 18.3 Å². The van der Waals surface area contributed by atoms with E-state index in [0.717, 1.165) is 0 Å². The molecule has 2 aromatic carbocycles. The maximum absolute atomic E-state index is 12.2.